The first-order valence-corrected chi connectivity index (χ1v) is 14.2. The second-order valence-electron chi connectivity index (χ2n) is 10.5. The molecule has 1 amide bonds. The average molecular weight is 588 g/mol. The lowest BCUT2D eigenvalue weighted by molar-refractivity contribution is -0.137. The Balaban J connectivity index is 1.64. The molecule has 5 rings (SSSR count). The molecular weight excluding hydrogens is 559 g/mol. The predicted octanol–water partition coefficient (Wildman–Crippen LogP) is 5.63. The largest absolute Gasteiger partial charge is 0.453 e. The van der Waals surface area contributed by atoms with Crippen LogP contribution in [0, 0.1) is 5.41 Å². The first kappa shape index (κ1) is 28.4. The zero-order valence-corrected chi connectivity index (χ0v) is 23.3. The molecular formula is C28H28F3N5O4S. The Hall–Kier alpha value is -4.13. The van der Waals surface area contributed by atoms with Crippen LogP contribution in [0.5, 0.6) is 0 Å². The zero-order chi connectivity index (χ0) is 29.6. The summed E-state index contributed by atoms with van der Waals surface area (Å²) in [5.41, 5.74) is -1.74. The van der Waals surface area contributed by atoms with Gasteiger partial charge in [0.15, 0.2) is 0 Å². The van der Waals surface area contributed by atoms with Crippen molar-refractivity contribution in [3.63, 3.8) is 0 Å². The van der Waals surface area contributed by atoms with Crippen LogP contribution in [0.2, 0.25) is 0 Å². The van der Waals surface area contributed by atoms with E-state index in [1.165, 1.54) is 30.2 Å². The average Bonchev–Trinajstić information content (AvgIpc) is 3.34. The van der Waals surface area contributed by atoms with Crippen molar-refractivity contribution in [3.8, 4) is 11.3 Å². The topological polar surface area (TPSA) is 106 Å². The van der Waals surface area contributed by atoms with Gasteiger partial charge in [-0.2, -0.15) is 13.2 Å². The minimum atomic E-state index is -4.82. The summed E-state index contributed by atoms with van der Waals surface area (Å²) in [5, 5.41) is 3.39. The maximum absolute atomic E-state index is 14.2. The quantitative estimate of drug-likeness (QED) is 0.322. The van der Waals surface area contributed by atoms with Crippen molar-refractivity contribution in [2.24, 2.45) is 5.41 Å². The maximum atomic E-state index is 14.2. The van der Waals surface area contributed by atoms with Crippen LogP contribution in [0.25, 0.3) is 22.2 Å². The molecule has 3 heterocycles. The zero-order valence-electron chi connectivity index (χ0n) is 22.5. The number of aromatic nitrogens is 3. The molecule has 13 heteroatoms. The van der Waals surface area contributed by atoms with Crippen LogP contribution in [-0.4, -0.2) is 59.6 Å². The van der Waals surface area contributed by atoms with Gasteiger partial charge < -0.3 is 15.0 Å². The number of hydrogen-bond donors (Lipinski definition) is 1. The molecule has 0 aliphatic carbocycles. The normalized spacial score (nSPS) is 17.4. The van der Waals surface area contributed by atoms with Crippen molar-refractivity contribution in [2.45, 2.75) is 37.4 Å². The van der Waals surface area contributed by atoms with Crippen molar-refractivity contribution in [2.75, 3.05) is 25.5 Å². The van der Waals surface area contributed by atoms with Gasteiger partial charge in [-0.25, -0.2) is 27.2 Å². The summed E-state index contributed by atoms with van der Waals surface area (Å²) in [6.45, 7) is 4.65. The third-order valence-electron chi connectivity index (χ3n) is 7.44. The summed E-state index contributed by atoms with van der Waals surface area (Å²) in [6.07, 6.45) is -2.86. The van der Waals surface area contributed by atoms with Crippen LogP contribution in [0.15, 0.2) is 71.9 Å². The first-order valence-electron chi connectivity index (χ1n) is 12.8. The Bertz CT molecular complexity index is 1700. The van der Waals surface area contributed by atoms with E-state index in [4.69, 9.17) is 4.74 Å². The summed E-state index contributed by atoms with van der Waals surface area (Å²) in [4.78, 5) is 21.9. The molecule has 4 aromatic rings. The van der Waals surface area contributed by atoms with E-state index >= 15 is 0 Å². The molecule has 1 atom stereocenters. The van der Waals surface area contributed by atoms with Gasteiger partial charge in [0.05, 0.1) is 29.3 Å². The van der Waals surface area contributed by atoms with Gasteiger partial charge in [0.25, 0.3) is 10.0 Å². The fourth-order valence-corrected chi connectivity index (χ4v) is 6.35. The molecule has 1 fully saturated rings. The van der Waals surface area contributed by atoms with Gasteiger partial charge in [0.1, 0.15) is 5.56 Å². The molecule has 216 valence electrons. The van der Waals surface area contributed by atoms with Crippen LogP contribution in [0.1, 0.15) is 25.8 Å². The molecule has 1 aliphatic heterocycles. The second-order valence-corrected chi connectivity index (χ2v) is 12.3. The Labute approximate surface area is 235 Å². The van der Waals surface area contributed by atoms with Gasteiger partial charge in [-0.1, -0.05) is 50.2 Å². The number of benzene rings is 2. The maximum Gasteiger partial charge on any atom is 0.419 e. The fraction of sp³-hybridized carbons (Fsp3) is 0.321. The molecule has 1 aliphatic rings. The Morgan fingerprint density at radius 2 is 1.78 bits per heavy atom. The number of fused-ring (bicyclic) bond motifs is 1. The number of ether oxygens (including phenoxy) is 1. The Kier molecular flexibility index (Phi) is 7.18. The lowest BCUT2D eigenvalue weighted by atomic mass is 9.78. The first-order chi connectivity index (χ1) is 19.3. The van der Waals surface area contributed by atoms with Crippen molar-refractivity contribution < 1.29 is 31.1 Å². The number of piperidine rings is 1. The molecule has 1 saturated heterocycles. The van der Waals surface area contributed by atoms with E-state index in [0.29, 0.717) is 19.2 Å². The molecule has 0 unspecified atom stereocenters. The highest BCUT2D eigenvalue weighted by atomic mass is 32.2. The van der Waals surface area contributed by atoms with E-state index in [1.54, 1.807) is 36.4 Å². The lowest BCUT2D eigenvalue weighted by Crippen LogP contribution is -2.53. The Morgan fingerprint density at radius 3 is 2.46 bits per heavy atom. The number of amides is 1. The number of methoxy groups -OCH3 is 1. The third kappa shape index (κ3) is 5.33. The Morgan fingerprint density at radius 1 is 1.10 bits per heavy atom. The molecule has 41 heavy (non-hydrogen) atoms. The minimum absolute atomic E-state index is 0.0110. The fourth-order valence-electron chi connectivity index (χ4n) is 4.96. The smallest absolute Gasteiger partial charge is 0.419 e. The number of carbonyl (C=O) groups is 1. The molecule has 0 bridgehead atoms. The van der Waals surface area contributed by atoms with Gasteiger partial charge in [0, 0.05) is 36.4 Å². The highest BCUT2D eigenvalue weighted by molar-refractivity contribution is 7.90. The number of rotatable bonds is 5. The van der Waals surface area contributed by atoms with E-state index in [-0.39, 0.29) is 39.3 Å². The number of hydrogen-bond acceptors (Lipinski definition) is 7. The summed E-state index contributed by atoms with van der Waals surface area (Å²) in [5.74, 6) is -0.0828. The highest BCUT2D eigenvalue weighted by Crippen LogP contribution is 2.41. The van der Waals surface area contributed by atoms with Crippen LogP contribution in [-0.2, 0) is 20.9 Å². The number of anilines is 1. The molecule has 2 aromatic heterocycles. The monoisotopic (exact) mass is 587 g/mol. The lowest BCUT2D eigenvalue weighted by Gasteiger charge is -2.43. The molecule has 1 N–H and O–H groups in total. The highest BCUT2D eigenvalue weighted by Gasteiger charge is 2.40. The van der Waals surface area contributed by atoms with Crippen molar-refractivity contribution in [1.29, 1.82) is 0 Å². The number of carbonyl (C=O) groups excluding carboxylic acids is 1. The van der Waals surface area contributed by atoms with Gasteiger partial charge in [-0.15, -0.1) is 0 Å². The predicted molar refractivity (Wildman–Crippen MR) is 147 cm³/mol. The van der Waals surface area contributed by atoms with Crippen LogP contribution >= 0.6 is 0 Å². The number of para-hydroxylation sites is 1. The number of alkyl halides is 3. The number of halogens is 3. The summed E-state index contributed by atoms with van der Waals surface area (Å²) >= 11 is 0. The summed E-state index contributed by atoms with van der Waals surface area (Å²) in [7, 11) is -2.86. The third-order valence-corrected chi connectivity index (χ3v) is 9.12. The molecule has 0 saturated carbocycles. The van der Waals surface area contributed by atoms with E-state index < -0.39 is 39.6 Å². The van der Waals surface area contributed by atoms with Gasteiger partial charge in [-0.3, -0.25) is 0 Å². The van der Waals surface area contributed by atoms with Crippen molar-refractivity contribution in [1.82, 2.24) is 18.8 Å². The molecule has 9 nitrogen and oxygen atoms in total. The van der Waals surface area contributed by atoms with E-state index in [9.17, 15) is 26.4 Å². The SMILES string of the molecule is COC(=O)N1CCC(C)(C)[C@H](Nc2ncc(C(F)(F)F)c(-c3cn(S(=O)(=O)c4ccccc4)c4ccccc34)n2)C1. The summed E-state index contributed by atoms with van der Waals surface area (Å²) in [6, 6.07) is 13.5. The number of nitrogens with one attached hydrogen (secondary N) is 1. The van der Waals surface area contributed by atoms with Crippen LogP contribution in [0.3, 0.4) is 0 Å². The molecule has 2 aromatic carbocycles. The molecule has 0 radical (unpaired) electrons. The minimum Gasteiger partial charge on any atom is -0.453 e. The van der Waals surface area contributed by atoms with Gasteiger partial charge in [-0.05, 0) is 30.0 Å². The second kappa shape index (κ2) is 10.4. The van der Waals surface area contributed by atoms with Crippen molar-refractivity contribution >= 4 is 33.0 Å². The number of nitrogens with zero attached hydrogens (tertiary/aromatic N) is 4. The van der Waals surface area contributed by atoms with E-state index in [2.05, 4.69) is 15.3 Å². The van der Waals surface area contributed by atoms with E-state index in [0.717, 1.165) is 10.2 Å². The van der Waals surface area contributed by atoms with Crippen molar-refractivity contribution in [3.05, 3.63) is 72.6 Å². The van der Waals surface area contributed by atoms with Gasteiger partial charge >= 0.3 is 12.3 Å². The number of likely N-dealkylation sites (tertiary alicyclic amines) is 1. The van der Waals surface area contributed by atoms with Gasteiger partial charge in [0.2, 0.25) is 5.95 Å². The standard InChI is InChI=1S/C28H28F3N5O4S/c1-27(2)13-14-35(26(37)40-3)17-23(27)33-25-32-15-21(28(29,30)31)24(34-25)20-16-36(22-12-8-7-11-19(20)22)41(38,39)18-9-5-4-6-10-18/h4-12,15-16,23H,13-14,17H2,1-3H3,(H,32,33,34)/t23-/m1/s1. The molecule has 0 spiro atoms. The van der Waals surface area contributed by atoms with Crippen LogP contribution < -0.4 is 5.32 Å². The summed E-state index contributed by atoms with van der Waals surface area (Å²) < 4.78 is 75.6. The van der Waals surface area contributed by atoms with E-state index in [1.807, 2.05) is 13.8 Å². The van der Waals surface area contributed by atoms with Crippen LogP contribution in [0.4, 0.5) is 23.9 Å².